The minimum absolute atomic E-state index is 0.422. The summed E-state index contributed by atoms with van der Waals surface area (Å²) in [6, 6.07) is 8.34. The molecule has 0 amide bonds. The van der Waals surface area contributed by atoms with Gasteiger partial charge in [0.2, 0.25) is 0 Å². The molecule has 1 heterocycles. The zero-order chi connectivity index (χ0) is 14.7. The number of rotatable bonds is 6. The molecule has 0 saturated carbocycles. The number of benzene rings is 1. The Bertz CT molecular complexity index is 609. The van der Waals surface area contributed by atoms with E-state index in [1.165, 1.54) is 11.3 Å². The molecule has 108 valence electrons. The summed E-state index contributed by atoms with van der Waals surface area (Å²) >= 11 is 3.18. The van der Waals surface area contributed by atoms with E-state index in [4.69, 9.17) is 0 Å². The molecular weight excluding hydrogens is 290 g/mol. The van der Waals surface area contributed by atoms with Gasteiger partial charge in [0.15, 0.2) is 0 Å². The van der Waals surface area contributed by atoms with E-state index in [1.807, 2.05) is 36.0 Å². The summed E-state index contributed by atoms with van der Waals surface area (Å²) in [4.78, 5) is 14.1. The van der Waals surface area contributed by atoms with Gasteiger partial charge in [0.1, 0.15) is 4.88 Å². The van der Waals surface area contributed by atoms with Crippen LogP contribution in [0.1, 0.15) is 22.2 Å². The molecule has 0 saturated heterocycles. The Kier molecular flexibility index (Phi) is 5.07. The molecule has 0 radical (unpaired) electrons. The fourth-order valence-electron chi connectivity index (χ4n) is 2.20. The summed E-state index contributed by atoms with van der Waals surface area (Å²) in [6.07, 6.45) is 2.09. The molecule has 2 aromatic rings. The van der Waals surface area contributed by atoms with Crippen molar-refractivity contribution in [3.05, 3.63) is 34.7 Å². The quantitative estimate of drug-likeness (QED) is 0.881. The average molecular weight is 309 g/mol. The Labute approximate surface area is 127 Å². The lowest BCUT2D eigenvalue weighted by molar-refractivity contribution is 0.0700. The molecule has 0 aliphatic rings. The van der Waals surface area contributed by atoms with Crippen molar-refractivity contribution in [2.45, 2.75) is 19.5 Å². The molecule has 0 aliphatic heterocycles. The lowest BCUT2D eigenvalue weighted by atomic mass is 10.1. The number of fused-ring (bicyclic) bond motifs is 1. The lowest BCUT2D eigenvalue weighted by Gasteiger charge is -2.24. The fourth-order valence-corrected chi connectivity index (χ4v) is 3.99. The molecular formula is C15H19NO2S2. The number of hydrogen-bond donors (Lipinski definition) is 1. The van der Waals surface area contributed by atoms with Gasteiger partial charge in [-0.1, -0.05) is 18.2 Å². The van der Waals surface area contributed by atoms with Crippen LogP contribution in [0.4, 0.5) is 0 Å². The Morgan fingerprint density at radius 1 is 1.45 bits per heavy atom. The number of carboxylic acids is 1. The number of carbonyl (C=O) groups is 1. The normalized spacial score (nSPS) is 13.0. The molecule has 0 aliphatic carbocycles. The van der Waals surface area contributed by atoms with Gasteiger partial charge in [0.25, 0.3) is 0 Å². The Balaban J connectivity index is 2.36. The first kappa shape index (κ1) is 15.4. The van der Waals surface area contributed by atoms with Crippen molar-refractivity contribution < 1.29 is 9.90 Å². The highest BCUT2D eigenvalue weighted by Crippen LogP contribution is 2.32. The van der Waals surface area contributed by atoms with Crippen molar-refractivity contribution in [1.82, 2.24) is 4.90 Å². The summed E-state index contributed by atoms with van der Waals surface area (Å²) in [5.74, 6) is 0.216. The van der Waals surface area contributed by atoms with Gasteiger partial charge in [-0.3, -0.25) is 4.90 Å². The summed E-state index contributed by atoms with van der Waals surface area (Å²) in [5, 5.41) is 10.5. The molecule has 1 N–H and O–H groups in total. The zero-order valence-electron chi connectivity index (χ0n) is 11.9. The molecule has 2 rings (SSSR count). The van der Waals surface area contributed by atoms with E-state index in [2.05, 4.69) is 25.1 Å². The smallest absolute Gasteiger partial charge is 0.346 e. The first-order valence-electron chi connectivity index (χ1n) is 6.47. The van der Waals surface area contributed by atoms with Crippen molar-refractivity contribution in [2.24, 2.45) is 0 Å². The topological polar surface area (TPSA) is 40.5 Å². The highest BCUT2D eigenvalue weighted by Gasteiger charge is 2.20. The Morgan fingerprint density at radius 2 is 2.15 bits per heavy atom. The SMILES string of the molecule is CSCC(C)N(C)Cc1c(C(=O)O)sc2ccccc12. The second-order valence-corrected chi connectivity index (χ2v) is 6.89. The minimum atomic E-state index is -0.827. The van der Waals surface area contributed by atoms with E-state index in [-0.39, 0.29) is 0 Å². The number of nitrogens with zero attached hydrogens (tertiary/aromatic N) is 1. The van der Waals surface area contributed by atoms with Gasteiger partial charge < -0.3 is 5.11 Å². The molecule has 0 spiro atoms. The van der Waals surface area contributed by atoms with Gasteiger partial charge in [0, 0.05) is 23.0 Å². The van der Waals surface area contributed by atoms with Crippen LogP contribution in [0.2, 0.25) is 0 Å². The molecule has 1 atom stereocenters. The monoisotopic (exact) mass is 309 g/mol. The standard InChI is InChI=1S/C15H19NO2S2/c1-10(9-19-3)16(2)8-12-11-6-4-5-7-13(11)20-14(12)15(17)18/h4-7,10H,8-9H2,1-3H3,(H,17,18). The highest BCUT2D eigenvalue weighted by atomic mass is 32.2. The maximum atomic E-state index is 11.5. The third-order valence-corrected chi connectivity index (χ3v) is 5.48. The van der Waals surface area contributed by atoms with Gasteiger partial charge >= 0.3 is 5.97 Å². The molecule has 3 nitrogen and oxygen atoms in total. The van der Waals surface area contributed by atoms with Crippen LogP contribution in [-0.4, -0.2) is 41.1 Å². The zero-order valence-corrected chi connectivity index (χ0v) is 13.6. The van der Waals surface area contributed by atoms with Crippen molar-refractivity contribution in [1.29, 1.82) is 0 Å². The van der Waals surface area contributed by atoms with E-state index in [0.29, 0.717) is 17.5 Å². The predicted molar refractivity (Wildman–Crippen MR) is 88.1 cm³/mol. The van der Waals surface area contributed by atoms with E-state index >= 15 is 0 Å². The van der Waals surface area contributed by atoms with E-state index in [0.717, 1.165) is 21.4 Å². The second kappa shape index (κ2) is 6.61. The van der Waals surface area contributed by atoms with Crippen LogP contribution in [0.15, 0.2) is 24.3 Å². The Morgan fingerprint density at radius 3 is 2.80 bits per heavy atom. The van der Waals surface area contributed by atoms with E-state index in [1.54, 1.807) is 0 Å². The average Bonchev–Trinajstić information content (AvgIpc) is 2.78. The number of carboxylic acid groups (broad SMARTS) is 1. The molecule has 1 unspecified atom stereocenters. The number of aromatic carboxylic acids is 1. The predicted octanol–water partition coefficient (Wildman–Crippen LogP) is 3.78. The van der Waals surface area contributed by atoms with Gasteiger partial charge in [0.05, 0.1) is 0 Å². The molecule has 5 heteroatoms. The maximum absolute atomic E-state index is 11.5. The van der Waals surface area contributed by atoms with Crippen molar-refractivity contribution in [3.63, 3.8) is 0 Å². The van der Waals surface area contributed by atoms with Crippen LogP contribution in [0.25, 0.3) is 10.1 Å². The summed E-state index contributed by atoms with van der Waals surface area (Å²) < 4.78 is 1.05. The summed E-state index contributed by atoms with van der Waals surface area (Å²) in [6.45, 7) is 2.85. The van der Waals surface area contributed by atoms with Crippen LogP contribution in [0.3, 0.4) is 0 Å². The molecule has 1 aromatic carbocycles. The van der Waals surface area contributed by atoms with Crippen LogP contribution in [0.5, 0.6) is 0 Å². The number of thioether (sulfide) groups is 1. The van der Waals surface area contributed by atoms with E-state index < -0.39 is 5.97 Å². The fraction of sp³-hybridized carbons (Fsp3) is 0.400. The lowest BCUT2D eigenvalue weighted by Crippen LogP contribution is -2.30. The van der Waals surface area contributed by atoms with Crippen molar-refractivity contribution >= 4 is 39.2 Å². The first-order chi connectivity index (χ1) is 9.54. The van der Waals surface area contributed by atoms with Crippen LogP contribution < -0.4 is 0 Å². The first-order valence-corrected chi connectivity index (χ1v) is 8.68. The molecule has 1 aromatic heterocycles. The van der Waals surface area contributed by atoms with Gasteiger partial charge in [-0.05, 0) is 37.2 Å². The summed E-state index contributed by atoms with van der Waals surface area (Å²) in [5.41, 5.74) is 0.938. The third-order valence-electron chi connectivity index (χ3n) is 3.46. The molecule has 0 bridgehead atoms. The maximum Gasteiger partial charge on any atom is 0.346 e. The third kappa shape index (κ3) is 3.16. The number of thiophene rings is 1. The molecule has 0 fully saturated rings. The van der Waals surface area contributed by atoms with Crippen LogP contribution in [-0.2, 0) is 6.54 Å². The minimum Gasteiger partial charge on any atom is -0.477 e. The van der Waals surface area contributed by atoms with Crippen molar-refractivity contribution in [2.75, 3.05) is 19.1 Å². The van der Waals surface area contributed by atoms with Gasteiger partial charge in [-0.25, -0.2) is 4.79 Å². The highest BCUT2D eigenvalue weighted by molar-refractivity contribution is 7.98. The van der Waals surface area contributed by atoms with E-state index in [9.17, 15) is 9.90 Å². The molecule has 20 heavy (non-hydrogen) atoms. The largest absolute Gasteiger partial charge is 0.477 e. The Hall–Kier alpha value is -1.04. The summed E-state index contributed by atoms with van der Waals surface area (Å²) in [7, 11) is 2.05. The second-order valence-electron chi connectivity index (χ2n) is 4.93. The number of hydrogen-bond acceptors (Lipinski definition) is 4. The van der Waals surface area contributed by atoms with Gasteiger partial charge in [-0.15, -0.1) is 11.3 Å². The van der Waals surface area contributed by atoms with Gasteiger partial charge in [-0.2, -0.15) is 11.8 Å². The van der Waals surface area contributed by atoms with Crippen molar-refractivity contribution in [3.8, 4) is 0 Å². The van der Waals surface area contributed by atoms with Crippen LogP contribution in [0, 0.1) is 0 Å². The van der Waals surface area contributed by atoms with Crippen LogP contribution >= 0.6 is 23.1 Å².